The van der Waals surface area contributed by atoms with Gasteiger partial charge in [-0.15, -0.1) is 0 Å². The lowest BCUT2D eigenvalue weighted by Gasteiger charge is -2.36. The van der Waals surface area contributed by atoms with Crippen molar-refractivity contribution < 1.29 is 23.4 Å². The van der Waals surface area contributed by atoms with Gasteiger partial charge in [-0.1, -0.05) is 32.9 Å². The fourth-order valence-corrected chi connectivity index (χ4v) is 3.62. The van der Waals surface area contributed by atoms with Crippen LogP contribution in [0.15, 0.2) is 24.3 Å². The number of carbonyl (C=O) groups is 1. The second-order valence-electron chi connectivity index (χ2n) is 11.0. The first-order chi connectivity index (χ1) is 13.0. The molecule has 0 bridgehead atoms. The van der Waals surface area contributed by atoms with Gasteiger partial charge in [0.1, 0.15) is 18.5 Å². The average molecular weight is 423 g/mol. The monoisotopic (exact) mass is 422 g/mol. The molecule has 0 radical (unpaired) electrons. The van der Waals surface area contributed by atoms with Crippen molar-refractivity contribution in [3.63, 3.8) is 0 Å². The summed E-state index contributed by atoms with van der Waals surface area (Å²) in [5.41, 5.74) is -0.174. The Morgan fingerprint density at radius 2 is 1.62 bits per heavy atom. The van der Waals surface area contributed by atoms with Crippen molar-refractivity contribution >= 4 is 14.3 Å². The van der Waals surface area contributed by atoms with Gasteiger partial charge in [0.2, 0.25) is 8.32 Å². The molecule has 0 saturated carbocycles. The first kappa shape index (κ1) is 23.9. The van der Waals surface area contributed by atoms with Crippen LogP contribution in [0.3, 0.4) is 0 Å². The number of benzene rings is 1. The van der Waals surface area contributed by atoms with Crippen molar-refractivity contribution in [2.24, 2.45) is 5.41 Å². The Kier molecular flexibility index (Phi) is 6.63. The van der Waals surface area contributed by atoms with Crippen molar-refractivity contribution in [2.45, 2.75) is 91.5 Å². The molecule has 29 heavy (non-hydrogen) atoms. The maximum atomic E-state index is 12.1. The number of ether oxygens (including phenoxy) is 3. The Labute approximate surface area is 177 Å². The average Bonchev–Trinajstić information content (AvgIpc) is 2.85. The zero-order chi connectivity index (χ0) is 22.3. The summed E-state index contributed by atoms with van der Waals surface area (Å²) in [5, 5.41) is 0.144. The minimum atomic E-state index is -1.88. The van der Waals surface area contributed by atoms with Crippen molar-refractivity contribution in [3.05, 3.63) is 29.8 Å². The highest BCUT2D eigenvalue weighted by Gasteiger charge is 2.44. The highest BCUT2D eigenvalue weighted by atomic mass is 28.4. The molecule has 0 spiro atoms. The third-order valence-electron chi connectivity index (χ3n) is 5.78. The number of rotatable bonds is 5. The molecule has 1 aliphatic heterocycles. The quantitative estimate of drug-likeness (QED) is 0.440. The van der Waals surface area contributed by atoms with Crippen molar-refractivity contribution in [2.75, 3.05) is 6.61 Å². The molecule has 6 heteroatoms. The Balaban J connectivity index is 2.04. The fraction of sp³-hybridized carbons (Fsp3) is 0.696. The van der Waals surface area contributed by atoms with E-state index in [1.165, 1.54) is 0 Å². The predicted octanol–water partition coefficient (Wildman–Crippen LogP) is 5.85. The molecule has 2 rings (SSSR count). The van der Waals surface area contributed by atoms with Gasteiger partial charge in [0.25, 0.3) is 0 Å². The van der Waals surface area contributed by atoms with Crippen molar-refractivity contribution in [1.82, 2.24) is 0 Å². The molecular weight excluding hydrogens is 384 g/mol. The minimum absolute atomic E-state index is 0.144. The molecule has 1 fully saturated rings. The summed E-state index contributed by atoms with van der Waals surface area (Å²) < 4.78 is 24.0. The molecule has 0 N–H and O–H groups in total. The lowest BCUT2D eigenvalue weighted by Crippen LogP contribution is -2.43. The van der Waals surface area contributed by atoms with E-state index in [9.17, 15) is 4.79 Å². The molecule has 5 nitrogen and oxygen atoms in total. The molecule has 2 unspecified atom stereocenters. The van der Waals surface area contributed by atoms with E-state index in [1.807, 2.05) is 58.9 Å². The van der Waals surface area contributed by atoms with Gasteiger partial charge in [0.05, 0.1) is 11.0 Å². The van der Waals surface area contributed by atoms with Crippen LogP contribution in [0.25, 0.3) is 0 Å². The molecule has 1 heterocycles. The minimum Gasteiger partial charge on any atom is -0.544 e. The maximum absolute atomic E-state index is 12.1. The standard InChI is InChI=1S/C23H38O5Si/c1-21(2,3)20(24)25-15-18-23(7,8)27-19(26-18)16-11-13-17(14-12-16)28-29(9,10)22(4,5)6/h11-14,18-19H,15H2,1-10H3. The second kappa shape index (κ2) is 8.04. The van der Waals surface area contributed by atoms with Crippen LogP contribution in [-0.4, -0.2) is 32.6 Å². The predicted molar refractivity (Wildman–Crippen MR) is 117 cm³/mol. The summed E-state index contributed by atoms with van der Waals surface area (Å²) in [4.78, 5) is 12.1. The molecule has 164 valence electrons. The van der Waals surface area contributed by atoms with E-state index in [4.69, 9.17) is 18.6 Å². The normalized spacial score (nSPS) is 22.4. The first-order valence-corrected chi connectivity index (χ1v) is 13.2. The topological polar surface area (TPSA) is 54.0 Å². The number of esters is 1. The molecule has 1 saturated heterocycles. The lowest BCUT2D eigenvalue weighted by atomic mass is 9.97. The molecule has 0 aliphatic carbocycles. The van der Waals surface area contributed by atoms with Gasteiger partial charge in [0, 0.05) is 5.56 Å². The first-order valence-electron chi connectivity index (χ1n) is 10.3. The summed E-state index contributed by atoms with van der Waals surface area (Å²) in [6, 6.07) is 7.91. The van der Waals surface area contributed by atoms with E-state index >= 15 is 0 Å². The summed E-state index contributed by atoms with van der Waals surface area (Å²) in [6.45, 7) is 20.7. The Morgan fingerprint density at radius 3 is 2.10 bits per heavy atom. The molecule has 1 aliphatic rings. The van der Waals surface area contributed by atoms with E-state index in [2.05, 4.69) is 33.9 Å². The molecular formula is C23H38O5Si. The van der Waals surface area contributed by atoms with Gasteiger partial charge in [-0.25, -0.2) is 0 Å². The SMILES string of the molecule is CC(C)(C)C(=O)OCC1OC(c2ccc(O[Si](C)(C)C(C)(C)C)cc2)OC1(C)C. The van der Waals surface area contributed by atoms with Crippen LogP contribution in [0.4, 0.5) is 0 Å². The zero-order valence-corrected chi connectivity index (χ0v) is 20.7. The van der Waals surface area contributed by atoms with E-state index in [0.29, 0.717) is 0 Å². The van der Waals surface area contributed by atoms with Crippen molar-refractivity contribution in [3.8, 4) is 5.75 Å². The lowest BCUT2D eigenvalue weighted by molar-refractivity contribution is -0.157. The van der Waals surface area contributed by atoms with Crippen LogP contribution in [0.2, 0.25) is 18.1 Å². The number of carbonyl (C=O) groups excluding carboxylic acids is 1. The van der Waals surface area contributed by atoms with Crippen LogP contribution in [-0.2, 0) is 19.0 Å². The number of hydrogen-bond donors (Lipinski definition) is 0. The summed E-state index contributed by atoms with van der Waals surface area (Å²) >= 11 is 0. The second-order valence-corrected chi connectivity index (χ2v) is 15.7. The summed E-state index contributed by atoms with van der Waals surface area (Å²) in [7, 11) is -1.88. The van der Waals surface area contributed by atoms with Gasteiger partial charge in [-0.2, -0.15) is 0 Å². The Hall–Kier alpha value is -1.37. The van der Waals surface area contributed by atoms with Crippen molar-refractivity contribution in [1.29, 1.82) is 0 Å². The highest BCUT2D eigenvalue weighted by molar-refractivity contribution is 6.74. The third-order valence-corrected chi connectivity index (χ3v) is 10.1. The van der Waals surface area contributed by atoms with E-state index in [0.717, 1.165) is 11.3 Å². The van der Waals surface area contributed by atoms with Crippen LogP contribution >= 0.6 is 0 Å². The van der Waals surface area contributed by atoms with Crippen LogP contribution in [0, 0.1) is 5.41 Å². The third kappa shape index (κ3) is 5.83. The van der Waals surface area contributed by atoms with Crippen LogP contribution in [0.1, 0.15) is 67.2 Å². The van der Waals surface area contributed by atoms with Gasteiger partial charge in [0.15, 0.2) is 6.29 Å². The van der Waals surface area contributed by atoms with Crippen LogP contribution in [0.5, 0.6) is 5.75 Å². The molecule has 1 aromatic carbocycles. The molecule has 1 aromatic rings. The van der Waals surface area contributed by atoms with Crippen LogP contribution < -0.4 is 4.43 Å². The molecule has 0 amide bonds. The molecule has 2 atom stereocenters. The largest absolute Gasteiger partial charge is 0.544 e. The summed E-state index contributed by atoms with van der Waals surface area (Å²) in [6.07, 6.45) is -0.827. The van der Waals surface area contributed by atoms with E-state index < -0.39 is 25.6 Å². The van der Waals surface area contributed by atoms with Gasteiger partial charge >= 0.3 is 5.97 Å². The van der Waals surface area contributed by atoms with E-state index in [1.54, 1.807) is 0 Å². The van der Waals surface area contributed by atoms with Gasteiger partial charge in [-0.3, -0.25) is 4.79 Å². The highest BCUT2D eigenvalue weighted by Crippen LogP contribution is 2.40. The maximum Gasteiger partial charge on any atom is 0.311 e. The number of hydrogen-bond acceptors (Lipinski definition) is 5. The Morgan fingerprint density at radius 1 is 1.07 bits per heavy atom. The zero-order valence-electron chi connectivity index (χ0n) is 19.7. The summed E-state index contributed by atoms with van der Waals surface area (Å²) in [5.74, 6) is 0.626. The molecule has 0 aromatic heterocycles. The Bertz CT molecular complexity index is 710. The van der Waals surface area contributed by atoms with Gasteiger partial charge < -0.3 is 18.6 Å². The van der Waals surface area contributed by atoms with E-state index in [-0.39, 0.29) is 23.7 Å². The smallest absolute Gasteiger partial charge is 0.311 e. The fourth-order valence-electron chi connectivity index (χ4n) is 2.59. The van der Waals surface area contributed by atoms with Gasteiger partial charge in [-0.05, 0) is 64.9 Å².